The van der Waals surface area contributed by atoms with E-state index in [1.165, 1.54) is 24.1 Å². The van der Waals surface area contributed by atoms with Crippen molar-refractivity contribution in [3.63, 3.8) is 0 Å². The van der Waals surface area contributed by atoms with Crippen molar-refractivity contribution in [1.29, 1.82) is 0 Å². The molecule has 0 radical (unpaired) electrons. The molecular weight excluding hydrogens is 272 g/mol. The maximum Gasteiger partial charge on any atom is 0.0794 e. The first-order chi connectivity index (χ1) is 9.53. The number of anilines is 1. The number of piperidine rings is 1. The molecule has 3 nitrogen and oxygen atoms in total. The van der Waals surface area contributed by atoms with E-state index in [0.29, 0.717) is 12.6 Å². The van der Waals surface area contributed by atoms with Gasteiger partial charge in [-0.25, -0.2) is 0 Å². The van der Waals surface area contributed by atoms with Gasteiger partial charge in [0.15, 0.2) is 0 Å². The third-order valence-corrected chi connectivity index (χ3v) is 4.46. The highest BCUT2D eigenvalue weighted by Crippen LogP contribution is 2.31. The Morgan fingerprint density at radius 2 is 2.25 bits per heavy atom. The minimum absolute atomic E-state index is 0.595. The maximum absolute atomic E-state index is 10.3. The molecule has 20 heavy (non-hydrogen) atoms. The number of benzene rings is 1. The predicted octanol–water partition coefficient (Wildman–Crippen LogP) is 2.94. The number of nitrogens with one attached hydrogen (secondary N) is 1. The Bertz CT molecular complexity index is 485. The van der Waals surface area contributed by atoms with Gasteiger partial charge in [0.2, 0.25) is 0 Å². The Morgan fingerprint density at radius 3 is 2.95 bits per heavy atom. The predicted molar refractivity (Wildman–Crippen MR) is 83.4 cm³/mol. The molecule has 2 N–H and O–H groups in total. The van der Waals surface area contributed by atoms with Crippen molar-refractivity contribution >= 4 is 17.3 Å². The van der Waals surface area contributed by atoms with Gasteiger partial charge in [-0.05, 0) is 50.3 Å². The van der Waals surface area contributed by atoms with Crippen LogP contribution in [-0.2, 0) is 6.54 Å². The number of rotatable bonds is 4. The fourth-order valence-electron chi connectivity index (χ4n) is 2.95. The summed E-state index contributed by atoms with van der Waals surface area (Å²) < 4.78 is 0. The summed E-state index contributed by atoms with van der Waals surface area (Å²) in [5.74, 6) is 0. The second-order valence-electron chi connectivity index (χ2n) is 6.45. The molecule has 1 aliphatic heterocycles. The van der Waals surface area contributed by atoms with Crippen LogP contribution < -0.4 is 10.2 Å². The van der Waals surface area contributed by atoms with E-state index in [1.54, 1.807) is 0 Å². The first-order valence-corrected chi connectivity index (χ1v) is 7.90. The molecule has 0 amide bonds. The van der Waals surface area contributed by atoms with Crippen LogP contribution in [0.2, 0.25) is 5.02 Å². The first kappa shape index (κ1) is 14.2. The van der Waals surface area contributed by atoms with Gasteiger partial charge >= 0.3 is 0 Å². The Labute approximate surface area is 125 Å². The van der Waals surface area contributed by atoms with Crippen molar-refractivity contribution in [2.24, 2.45) is 0 Å². The molecule has 1 atom stereocenters. The Balaban J connectivity index is 1.80. The average molecular weight is 295 g/mol. The quantitative estimate of drug-likeness (QED) is 0.896. The summed E-state index contributed by atoms with van der Waals surface area (Å²) in [6.45, 7) is 4.48. The lowest BCUT2D eigenvalue weighted by Gasteiger charge is -2.39. The molecule has 0 aromatic heterocycles. The third-order valence-electron chi connectivity index (χ3n) is 4.22. The van der Waals surface area contributed by atoms with E-state index >= 15 is 0 Å². The largest absolute Gasteiger partial charge is 0.388 e. The number of hydrogen-bond acceptors (Lipinski definition) is 3. The standard InChI is InChI=1S/C16H23ClN2O/c1-16(20)7-2-8-19(11-16)15-9-13(17)4-3-12(15)10-18-14-5-6-14/h3-4,9,14,18,20H,2,5-8,10-11H2,1H3. The van der Waals surface area contributed by atoms with Gasteiger partial charge in [-0.1, -0.05) is 17.7 Å². The summed E-state index contributed by atoms with van der Waals surface area (Å²) >= 11 is 6.17. The zero-order chi connectivity index (χ0) is 14.2. The summed E-state index contributed by atoms with van der Waals surface area (Å²) in [5.41, 5.74) is 1.85. The van der Waals surface area contributed by atoms with Gasteiger partial charge in [-0.2, -0.15) is 0 Å². The summed E-state index contributed by atoms with van der Waals surface area (Å²) in [7, 11) is 0. The lowest BCUT2D eigenvalue weighted by Crippen LogP contribution is -2.46. The first-order valence-electron chi connectivity index (χ1n) is 7.53. The van der Waals surface area contributed by atoms with E-state index in [1.807, 2.05) is 19.1 Å². The van der Waals surface area contributed by atoms with Gasteiger partial charge in [-0.3, -0.25) is 0 Å². The highest BCUT2D eigenvalue weighted by molar-refractivity contribution is 6.30. The second kappa shape index (κ2) is 5.55. The van der Waals surface area contributed by atoms with E-state index in [0.717, 1.165) is 31.0 Å². The third kappa shape index (κ3) is 3.46. The van der Waals surface area contributed by atoms with Crippen LogP contribution in [0.1, 0.15) is 38.2 Å². The number of aliphatic hydroxyl groups is 1. The Hall–Kier alpha value is -0.770. The van der Waals surface area contributed by atoms with Crippen molar-refractivity contribution in [2.75, 3.05) is 18.0 Å². The zero-order valence-electron chi connectivity index (χ0n) is 12.0. The minimum Gasteiger partial charge on any atom is -0.388 e. The van der Waals surface area contributed by atoms with Crippen LogP contribution in [0.5, 0.6) is 0 Å². The van der Waals surface area contributed by atoms with Crippen molar-refractivity contribution in [1.82, 2.24) is 5.32 Å². The molecule has 0 spiro atoms. The van der Waals surface area contributed by atoms with E-state index in [9.17, 15) is 5.11 Å². The zero-order valence-corrected chi connectivity index (χ0v) is 12.8. The molecule has 1 unspecified atom stereocenters. The van der Waals surface area contributed by atoms with Crippen molar-refractivity contribution in [3.05, 3.63) is 28.8 Å². The molecule has 2 aliphatic rings. The highest BCUT2D eigenvalue weighted by Gasteiger charge is 2.29. The highest BCUT2D eigenvalue weighted by atomic mass is 35.5. The number of nitrogens with zero attached hydrogens (tertiary/aromatic N) is 1. The monoisotopic (exact) mass is 294 g/mol. The molecule has 1 saturated carbocycles. The molecule has 3 rings (SSSR count). The molecular formula is C16H23ClN2O. The molecule has 4 heteroatoms. The number of β-amino-alcohol motifs (C(OH)–C–C–N with tert-alkyl or cyclic N) is 1. The topological polar surface area (TPSA) is 35.5 Å². The molecule has 1 aromatic rings. The molecule has 1 saturated heterocycles. The summed E-state index contributed by atoms with van der Waals surface area (Å²) in [5, 5.41) is 14.6. The van der Waals surface area contributed by atoms with Gasteiger partial charge in [-0.15, -0.1) is 0 Å². The number of hydrogen-bond donors (Lipinski definition) is 2. The second-order valence-corrected chi connectivity index (χ2v) is 6.89. The van der Waals surface area contributed by atoms with Crippen molar-refractivity contribution < 1.29 is 5.11 Å². The lowest BCUT2D eigenvalue weighted by molar-refractivity contribution is 0.0449. The fraction of sp³-hybridized carbons (Fsp3) is 0.625. The summed E-state index contributed by atoms with van der Waals surface area (Å²) in [6, 6.07) is 6.79. The van der Waals surface area contributed by atoms with Gasteiger partial charge in [0, 0.05) is 36.4 Å². The van der Waals surface area contributed by atoms with Crippen molar-refractivity contribution in [3.8, 4) is 0 Å². The number of halogens is 1. The smallest absolute Gasteiger partial charge is 0.0794 e. The van der Waals surface area contributed by atoms with E-state index in [4.69, 9.17) is 11.6 Å². The minimum atomic E-state index is -0.595. The fourth-order valence-corrected chi connectivity index (χ4v) is 3.11. The SMILES string of the molecule is CC1(O)CCCN(c2cc(Cl)ccc2CNC2CC2)C1. The molecule has 1 heterocycles. The maximum atomic E-state index is 10.3. The van der Waals surface area contributed by atoms with Gasteiger partial charge in [0.25, 0.3) is 0 Å². The Kier molecular flexibility index (Phi) is 3.93. The van der Waals surface area contributed by atoms with Crippen LogP contribution in [0, 0.1) is 0 Å². The van der Waals surface area contributed by atoms with Gasteiger partial charge in [0.05, 0.1) is 5.60 Å². The Morgan fingerprint density at radius 1 is 1.45 bits per heavy atom. The average Bonchev–Trinajstić information content (AvgIpc) is 3.20. The van der Waals surface area contributed by atoms with Crippen LogP contribution >= 0.6 is 11.6 Å². The van der Waals surface area contributed by atoms with Gasteiger partial charge in [0.1, 0.15) is 0 Å². The van der Waals surface area contributed by atoms with E-state index < -0.39 is 5.60 Å². The van der Waals surface area contributed by atoms with Crippen LogP contribution in [-0.4, -0.2) is 29.8 Å². The van der Waals surface area contributed by atoms with Crippen molar-refractivity contribution in [2.45, 2.75) is 50.8 Å². The summed E-state index contributed by atoms with van der Waals surface area (Å²) in [6.07, 6.45) is 4.48. The summed E-state index contributed by atoms with van der Waals surface area (Å²) in [4.78, 5) is 2.28. The van der Waals surface area contributed by atoms with Gasteiger partial charge < -0.3 is 15.3 Å². The van der Waals surface area contributed by atoms with Crippen LogP contribution in [0.3, 0.4) is 0 Å². The normalized spacial score (nSPS) is 26.9. The molecule has 1 aromatic carbocycles. The molecule has 1 aliphatic carbocycles. The van der Waals surface area contributed by atoms with Crippen LogP contribution in [0.25, 0.3) is 0 Å². The van der Waals surface area contributed by atoms with E-state index in [2.05, 4.69) is 16.3 Å². The molecule has 110 valence electrons. The lowest BCUT2D eigenvalue weighted by atomic mass is 9.94. The van der Waals surface area contributed by atoms with Crippen LogP contribution in [0.15, 0.2) is 18.2 Å². The molecule has 2 fully saturated rings. The van der Waals surface area contributed by atoms with E-state index in [-0.39, 0.29) is 0 Å². The molecule has 0 bridgehead atoms. The van der Waals surface area contributed by atoms with Crippen LogP contribution in [0.4, 0.5) is 5.69 Å².